The number of nitrogens with one attached hydrogen (secondary N) is 1. The Morgan fingerprint density at radius 2 is 2.10 bits per heavy atom. The van der Waals surface area contributed by atoms with E-state index in [0.29, 0.717) is 0 Å². The van der Waals surface area contributed by atoms with Gasteiger partial charge in [-0.2, -0.15) is 0 Å². The van der Waals surface area contributed by atoms with Crippen molar-refractivity contribution >= 4 is 5.91 Å². The summed E-state index contributed by atoms with van der Waals surface area (Å²) in [6, 6.07) is 10.1. The Morgan fingerprint density at radius 1 is 1.30 bits per heavy atom. The lowest BCUT2D eigenvalue weighted by Crippen LogP contribution is -2.32. The molecule has 2 heterocycles. The molecular formula is C15H17N3O2. The van der Waals surface area contributed by atoms with Gasteiger partial charge in [0.15, 0.2) is 0 Å². The number of nitrogens with zero attached hydrogens (tertiary/aromatic N) is 2. The second-order valence-corrected chi connectivity index (χ2v) is 4.52. The van der Waals surface area contributed by atoms with Crippen LogP contribution in [0, 0.1) is 0 Å². The Balaban J connectivity index is 2.27. The Bertz CT molecular complexity index is 637. The third kappa shape index (κ3) is 2.93. The third-order valence-electron chi connectivity index (χ3n) is 3.20. The number of carbonyl (C=O) groups is 1. The SMILES string of the molecule is CCC(c1ccccn1)N(C)C(=O)c1cccc(=O)[nH]1. The number of hydrogen-bond donors (Lipinski definition) is 1. The average Bonchev–Trinajstić information content (AvgIpc) is 2.48. The molecule has 1 amide bonds. The molecule has 104 valence electrons. The van der Waals surface area contributed by atoms with Gasteiger partial charge in [0.25, 0.3) is 5.91 Å². The molecule has 0 radical (unpaired) electrons. The number of H-pyrrole nitrogens is 1. The molecule has 2 aromatic heterocycles. The maximum atomic E-state index is 12.4. The average molecular weight is 271 g/mol. The van der Waals surface area contributed by atoms with Gasteiger partial charge >= 0.3 is 0 Å². The van der Waals surface area contributed by atoms with E-state index in [1.165, 1.54) is 6.07 Å². The molecule has 1 unspecified atom stereocenters. The second kappa shape index (κ2) is 6.14. The lowest BCUT2D eigenvalue weighted by atomic mass is 10.1. The first-order valence-electron chi connectivity index (χ1n) is 6.51. The van der Waals surface area contributed by atoms with E-state index in [0.717, 1.165) is 12.1 Å². The molecule has 0 aliphatic rings. The molecule has 0 saturated heterocycles. The van der Waals surface area contributed by atoms with Crippen molar-refractivity contribution in [1.82, 2.24) is 14.9 Å². The predicted octanol–water partition coefficient (Wildman–Crippen LogP) is 1.99. The molecule has 1 N–H and O–H groups in total. The van der Waals surface area contributed by atoms with Gasteiger partial charge in [-0.25, -0.2) is 0 Å². The Labute approximate surface area is 117 Å². The highest BCUT2D eigenvalue weighted by molar-refractivity contribution is 5.92. The van der Waals surface area contributed by atoms with E-state index in [-0.39, 0.29) is 23.2 Å². The fraction of sp³-hybridized carbons (Fsp3) is 0.267. The van der Waals surface area contributed by atoms with Crippen LogP contribution >= 0.6 is 0 Å². The van der Waals surface area contributed by atoms with Gasteiger partial charge in [0, 0.05) is 19.3 Å². The summed E-state index contributed by atoms with van der Waals surface area (Å²) >= 11 is 0. The minimum absolute atomic E-state index is 0.118. The monoisotopic (exact) mass is 271 g/mol. The number of amides is 1. The van der Waals surface area contributed by atoms with Crippen LogP contribution in [0.25, 0.3) is 0 Å². The van der Waals surface area contributed by atoms with Crippen LogP contribution in [0.2, 0.25) is 0 Å². The molecule has 0 fully saturated rings. The Hall–Kier alpha value is -2.43. The van der Waals surface area contributed by atoms with Crippen LogP contribution in [0.5, 0.6) is 0 Å². The smallest absolute Gasteiger partial charge is 0.270 e. The lowest BCUT2D eigenvalue weighted by Gasteiger charge is -2.26. The van der Waals surface area contributed by atoms with E-state index in [2.05, 4.69) is 9.97 Å². The highest BCUT2D eigenvalue weighted by atomic mass is 16.2. The molecule has 5 heteroatoms. The van der Waals surface area contributed by atoms with Crippen molar-refractivity contribution in [3.05, 3.63) is 64.3 Å². The first-order chi connectivity index (χ1) is 9.63. The normalized spacial score (nSPS) is 11.9. The van der Waals surface area contributed by atoms with Crippen molar-refractivity contribution in [2.24, 2.45) is 0 Å². The molecular weight excluding hydrogens is 254 g/mol. The van der Waals surface area contributed by atoms with Crippen LogP contribution < -0.4 is 5.56 Å². The minimum Gasteiger partial charge on any atom is -0.332 e. The van der Waals surface area contributed by atoms with Crippen molar-refractivity contribution in [2.75, 3.05) is 7.05 Å². The lowest BCUT2D eigenvalue weighted by molar-refractivity contribution is 0.0716. The Kier molecular flexibility index (Phi) is 4.30. The maximum Gasteiger partial charge on any atom is 0.270 e. The van der Waals surface area contributed by atoms with E-state index in [9.17, 15) is 9.59 Å². The molecule has 20 heavy (non-hydrogen) atoms. The number of aromatic nitrogens is 2. The molecule has 0 bridgehead atoms. The van der Waals surface area contributed by atoms with Gasteiger partial charge in [-0.3, -0.25) is 14.6 Å². The number of hydrogen-bond acceptors (Lipinski definition) is 3. The molecule has 0 aromatic carbocycles. The molecule has 0 aliphatic carbocycles. The highest BCUT2D eigenvalue weighted by Gasteiger charge is 2.22. The van der Waals surface area contributed by atoms with Crippen LogP contribution in [-0.2, 0) is 0 Å². The molecule has 0 aliphatic heterocycles. The van der Waals surface area contributed by atoms with Gasteiger partial charge < -0.3 is 9.88 Å². The summed E-state index contributed by atoms with van der Waals surface area (Å²) in [7, 11) is 1.72. The van der Waals surface area contributed by atoms with Crippen molar-refractivity contribution < 1.29 is 4.79 Å². The van der Waals surface area contributed by atoms with Gasteiger partial charge in [-0.1, -0.05) is 19.1 Å². The Morgan fingerprint density at radius 3 is 2.70 bits per heavy atom. The van der Waals surface area contributed by atoms with Crippen molar-refractivity contribution in [3.8, 4) is 0 Å². The number of carbonyl (C=O) groups excluding carboxylic acids is 1. The first kappa shape index (κ1) is 14.0. The van der Waals surface area contributed by atoms with Gasteiger partial charge in [0.2, 0.25) is 5.56 Å². The highest BCUT2D eigenvalue weighted by Crippen LogP contribution is 2.21. The summed E-state index contributed by atoms with van der Waals surface area (Å²) in [6.45, 7) is 2.00. The third-order valence-corrected chi connectivity index (χ3v) is 3.20. The fourth-order valence-corrected chi connectivity index (χ4v) is 2.16. The largest absolute Gasteiger partial charge is 0.332 e. The van der Waals surface area contributed by atoms with Gasteiger partial charge in [-0.15, -0.1) is 0 Å². The molecule has 2 aromatic rings. The second-order valence-electron chi connectivity index (χ2n) is 4.52. The topological polar surface area (TPSA) is 66.1 Å². The quantitative estimate of drug-likeness (QED) is 0.924. The minimum atomic E-state index is -0.282. The van der Waals surface area contributed by atoms with Gasteiger partial charge in [0.1, 0.15) is 5.69 Å². The van der Waals surface area contributed by atoms with E-state index in [1.54, 1.807) is 30.3 Å². The summed E-state index contributed by atoms with van der Waals surface area (Å²) < 4.78 is 0. The molecule has 0 saturated carbocycles. The number of pyridine rings is 2. The van der Waals surface area contributed by atoms with E-state index >= 15 is 0 Å². The van der Waals surface area contributed by atoms with Crippen LogP contribution in [0.1, 0.15) is 35.6 Å². The zero-order chi connectivity index (χ0) is 14.5. The zero-order valence-electron chi connectivity index (χ0n) is 11.5. The zero-order valence-corrected chi connectivity index (χ0v) is 11.5. The molecule has 2 rings (SSSR count). The van der Waals surface area contributed by atoms with Crippen molar-refractivity contribution in [2.45, 2.75) is 19.4 Å². The first-order valence-corrected chi connectivity index (χ1v) is 6.51. The van der Waals surface area contributed by atoms with E-state index in [1.807, 2.05) is 25.1 Å². The van der Waals surface area contributed by atoms with Gasteiger partial charge in [-0.05, 0) is 24.6 Å². The van der Waals surface area contributed by atoms with Crippen LogP contribution in [0.3, 0.4) is 0 Å². The van der Waals surface area contributed by atoms with Crippen molar-refractivity contribution in [1.29, 1.82) is 0 Å². The summed E-state index contributed by atoms with van der Waals surface area (Å²) in [5.41, 5.74) is 0.841. The van der Waals surface area contributed by atoms with Gasteiger partial charge in [0.05, 0.1) is 11.7 Å². The molecule has 5 nitrogen and oxygen atoms in total. The summed E-state index contributed by atoms with van der Waals surface area (Å²) in [6.07, 6.45) is 2.46. The van der Waals surface area contributed by atoms with Crippen LogP contribution in [0.4, 0.5) is 0 Å². The predicted molar refractivity (Wildman–Crippen MR) is 76.4 cm³/mol. The van der Waals surface area contributed by atoms with Crippen LogP contribution in [0.15, 0.2) is 47.4 Å². The maximum absolute atomic E-state index is 12.4. The van der Waals surface area contributed by atoms with E-state index in [4.69, 9.17) is 0 Å². The summed E-state index contributed by atoms with van der Waals surface area (Å²) in [5.74, 6) is -0.222. The summed E-state index contributed by atoms with van der Waals surface area (Å²) in [5, 5.41) is 0. The standard InChI is InChI=1S/C15H17N3O2/c1-3-13(11-7-4-5-10-16-11)18(2)15(20)12-8-6-9-14(19)17-12/h4-10,13H,3H2,1-2H3,(H,17,19). The van der Waals surface area contributed by atoms with Crippen molar-refractivity contribution in [3.63, 3.8) is 0 Å². The fourth-order valence-electron chi connectivity index (χ4n) is 2.16. The van der Waals surface area contributed by atoms with Crippen LogP contribution in [-0.4, -0.2) is 27.8 Å². The molecule has 0 spiro atoms. The van der Waals surface area contributed by atoms with E-state index < -0.39 is 0 Å². The summed E-state index contributed by atoms with van der Waals surface area (Å²) in [4.78, 5) is 32.1. The molecule has 1 atom stereocenters. The number of aromatic amines is 1. The number of rotatable bonds is 4.